The van der Waals surface area contributed by atoms with Crippen molar-refractivity contribution in [1.29, 1.82) is 0 Å². The van der Waals surface area contributed by atoms with E-state index in [9.17, 15) is 4.79 Å². The fraction of sp³-hybridized carbons (Fsp3) is 0.111. The maximum Gasteiger partial charge on any atom is 0.315 e. The number of thiophene rings is 1. The average molecular weight is 323 g/mol. The molecule has 2 aromatic heterocycles. The molecule has 1 aromatic carbocycles. The molecule has 1 unspecified atom stereocenters. The normalized spacial score (nSPS) is 11.7. The molecule has 2 heterocycles. The number of hydrogen-bond donors (Lipinski definition) is 2. The summed E-state index contributed by atoms with van der Waals surface area (Å²) in [6.45, 7) is 0.521. The summed E-state index contributed by atoms with van der Waals surface area (Å²) in [6, 6.07) is 19.0. The summed E-state index contributed by atoms with van der Waals surface area (Å²) in [5.41, 5.74) is 1.81. The van der Waals surface area contributed by atoms with Gasteiger partial charge in [-0.1, -0.05) is 42.5 Å². The van der Waals surface area contributed by atoms with Crippen LogP contribution >= 0.6 is 11.3 Å². The Morgan fingerprint density at radius 1 is 1.04 bits per heavy atom. The molecule has 0 aliphatic carbocycles. The number of urea groups is 1. The zero-order valence-electron chi connectivity index (χ0n) is 12.5. The van der Waals surface area contributed by atoms with Gasteiger partial charge in [-0.15, -0.1) is 11.3 Å². The third-order valence-corrected chi connectivity index (χ3v) is 4.27. The topological polar surface area (TPSA) is 54.0 Å². The van der Waals surface area contributed by atoms with Crippen LogP contribution in [0.4, 0.5) is 4.79 Å². The highest BCUT2D eigenvalue weighted by Crippen LogP contribution is 2.19. The SMILES string of the molecule is O=C(NCc1cccs1)NC(c1ccccc1)c1ccccn1. The van der Waals surface area contributed by atoms with Gasteiger partial charge in [0.25, 0.3) is 0 Å². The van der Waals surface area contributed by atoms with Gasteiger partial charge in [0.2, 0.25) is 0 Å². The van der Waals surface area contributed by atoms with Crippen LogP contribution in [0.15, 0.2) is 72.2 Å². The van der Waals surface area contributed by atoms with Crippen LogP contribution < -0.4 is 10.6 Å². The monoisotopic (exact) mass is 323 g/mol. The minimum atomic E-state index is -0.277. The molecule has 3 aromatic rings. The van der Waals surface area contributed by atoms with Crippen molar-refractivity contribution in [2.24, 2.45) is 0 Å². The summed E-state index contributed by atoms with van der Waals surface area (Å²) in [7, 11) is 0. The number of pyridine rings is 1. The van der Waals surface area contributed by atoms with Gasteiger partial charge >= 0.3 is 6.03 Å². The van der Waals surface area contributed by atoms with Crippen LogP contribution in [-0.2, 0) is 6.54 Å². The van der Waals surface area contributed by atoms with E-state index < -0.39 is 0 Å². The molecule has 0 saturated carbocycles. The number of nitrogens with zero attached hydrogens (tertiary/aromatic N) is 1. The fourth-order valence-electron chi connectivity index (χ4n) is 2.28. The van der Waals surface area contributed by atoms with Crippen LogP contribution in [0, 0.1) is 0 Å². The Hall–Kier alpha value is -2.66. The van der Waals surface area contributed by atoms with Crippen LogP contribution in [0.2, 0.25) is 0 Å². The van der Waals surface area contributed by atoms with E-state index in [2.05, 4.69) is 15.6 Å². The summed E-state index contributed by atoms with van der Waals surface area (Å²) in [5.74, 6) is 0. The lowest BCUT2D eigenvalue weighted by atomic mass is 10.0. The number of aromatic nitrogens is 1. The van der Waals surface area contributed by atoms with E-state index in [4.69, 9.17) is 0 Å². The Kier molecular flexibility index (Phi) is 5.01. The summed E-state index contributed by atoms with van der Waals surface area (Å²) in [5, 5.41) is 7.89. The van der Waals surface area contributed by atoms with Gasteiger partial charge in [-0.05, 0) is 29.1 Å². The van der Waals surface area contributed by atoms with Crippen molar-refractivity contribution in [3.05, 3.63) is 88.4 Å². The quantitative estimate of drug-likeness (QED) is 0.751. The third kappa shape index (κ3) is 4.17. The minimum absolute atomic E-state index is 0.210. The van der Waals surface area contributed by atoms with Crippen LogP contribution in [0.5, 0.6) is 0 Å². The van der Waals surface area contributed by atoms with Gasteiger partial charge in [-0.2, -0.15) is 0 Å². The second-order valence-corrected chi connectivity index (χ2v) is 6.04. The number of carbonyl (C=O) groups is 1. The van der Waals surface area contributed by atoms with Crippen molar-refractivity contribution < 1.29 is 4.79 Å². The smallest absolute Gasteiger partial charge is 0.315 e. The van der Waals surface area contributed by atoms with Crippen LogP contribution in [0.1, 0.15) is 22.2 Å². The first-order valence-corrected chi connectivity index (χ1v) is 8.23. The summed E-state index contributed by atoms with van der Waals surface area (Å²) < 4.78 is 0. The lowest BCUT2D eigenvalue weighted by Crippen LogP contribution is -2.38. The van der Waals surface area contributed by atoms with Gasteiger partial charge in [-0.25, -0.2) is 4.79 Å². The number of nitrogens with one attached hydrogen (secondary N) is 2. The van der Waals surface area contributed by atoms with E-state index in [1.165, 1.54) is 0 Å². The van der Waals surface area contributed by atoms with Crippen molar-refractivity contribution in [1.82, 2.24) is 15.6 Å². The molecule has 0 fully saturated rings. The molecule has 0 spiro atoms. The third-order valence-electron chi connectivity index (χ3n) is 3.40. The molecule has 116 valence electrons. The van der Waals surface area contributed by atoms with Crippen molar-refractivity contribution in [2.45, 2.75) is 12.6 Å². The fourth-order valence-corrected chi connectivity index (χ4v) is 2.93. The molecule has 2 N–H and O–H groups in total. The number of amides is 2. The summed E-state index contributed by atoms with van der Waals surface area (Å²) in [6.07, 6.45) is 1.73. The maximum atomic E-state index is 12.2. The zero-order chi connectivity index (χ0) is 15.9. The van der Waals surface area contributed by atoms with Crippen molar-refractivity contribution in [3.63, 3.8) is 0 Å². The maximum absolute atomic E-state index is 12.2. The van der Waals surface area contributed by atoms with E-state index in [1.54, 1.807) is 17.5 Å². The van der Waals surface area contributed by atoms with Crippen molar-refractivity contribution in [2.75, 3.05) is 0 Å². The van der Waals surface area contributed by atoms with E-state index in [-0.39, 0.29) is 12.1 Å². The van der Waals surface area contributed by atoms with Gasteiger partial charge in [0.05, 0.1) is 18.3 Å². The highest BCUT2D eigenvalue weighted by molar-refractivity contribution is 7.09. The standard InChI is InChI=1S/C18H17N3OS/c22-18(20-13-15-9-6-12-23-15)21-17(14-7-2-1-3-8-14)16-10-4-5-11-19-16/h1-12,17H,13H2,(H2,20,21,22). The molecule has 2 amide bonds. The molecule has 4 nitrogen and oxygen atoms in total. The molecule has 1 atom stereocenters. The molecule has 23 heavy (non-hydrogen) atoms. The van der Waals surface area contributed by atoms with Crippen molar-refractivity contribution in [3.8, 4) is 0 Å². The molecule has 0 bridgehead atoms. The van der Waals surface area contributed by atoms with Gasteiger partial charge in [0.1, 0.15) is 0 Å². The van der Waals surface area contributed by atoms with Crippen LogP contribution in [0.25, 0.3) is 0 Å². The lowest BCUT2D eigenvalue weighted by Gasteiger charge is -2.19. The average Bonchev–Trinajstić information content (AvgIpc) is 3.13. The highest BCUT2D eigenvalue weighted by Gasteiger charge is 2.17. The van der Waals surface area contributed by atoms with Gasteiger partial charge in [0, 0.05) is 11.1 Å². The highest BCUT2D eigenvalue weighted by atomic mass is 32.1. The molecule has 0 aliphatic heterocycles. The molecule has 5 heteroatoms. The van der Waals surface area contributed by atoms with E-state index in [0.717, 1.165) is 16.1 Å². The van der Waals surface area contributed by atoms with Crippen molar-refractivity contribution >= 4 is 17.4 Å². The van der Waals surface area contributed by atoms with Crippen LogP contribution in [-0.4, -0.2) is 11.0 Å². The minimum Gasteiger partial charge on any atom is -0.333 e. The Morgan fingerprint density at radius 3 is 2.57 bits per heavy atom. The predicted octanol–water partition coefficient (Wildman–Crippen LogP) is 3.73. The largest absolute Gasteiger partial charge is 0.333 e. The zero-order valence-corrected chi connectivity index (χ0v) is 13.3. The summed E-state index contributed by atoms with van der Waals surface area (Å²) in [4.78, 5) is 17.7. The molecule has 0 radical (unpaired) electrons. The molecule has 0 saturated heterocycles. The Morgan fingerprint density at radius 2 is 1.87 bits per heavy atom. The lowest BCUT2D eigenvalue weighted by molar-refractivity contribution is 0.238. The van der Waals surface area contributed by atoms with Gasteiger partial charge < -0.3 is 10.6 Å². The van der Waals surface area contributed by atoms with Gasteiger partial charge in [-0.3, -0.25) is 4.98 Å². The first kappa shape index (κ1) is 15.2. The van der Waals surface area contributed by atoms with E-state index in [1.807, 2.05) is 66.0 Å². The molecular formula is C18H17N3OS. The first-order valence-electron chi connectivity index (χ1n) is 7.35. The molecule has 3 rings (SSSR count). The molecule has 0 aliphatic rings. The molecular weight excluding hydrogens is 306 g/mol. The van der Waals surface area contributed by atoms with E-state index in [0.29, 0.717) is 6.54 Å². The summed E-state index contributed by atoms with van der Waals surface area (Å²) >= 11 is 1.62. The number of benzene rings is 1. The Bertz CT molecular complexity index is 690. The second kappa shape index (κ2) is 7.56. The predicted molar refractivity (Wildman–Crippen MR) is 92.2 cm³/mol. The van der Waals surface area contributed by atoms with Crippen LogP contribution in [0.3, 0.4) is 0 Å². The Labute approximate surface area is 139 Å². The van der Waals surface area contributed by atoms with E-state index >= 15 is 0 Å². The van der Waals surface area contributed by atoms with Gasteiger partial charge in [0.15, 0.2) is 0 Å². The number of rotatable bonds is 5. The number of carbonyl (C=O) groups excluding carboxylic acids is 1. The number of hydrogen-bond acceptors (Lipinski definition) is 3. The first-order chi connectivity index (χ1) is 11.3. The second-order valence-electron chi connectivity index (χ2n) is 5.00. The Balaban J connectivity index is 1.72.